The van der Waals surface area contributed by atoms with Gasteiger partial charge in [-0.1, -0.05) is 46.9 Å². The molecular formula is C16H12Cl3NO3. The predicted molar refractivity (Wildman–Crippen MR) is 90.0 cm³/mol. The molecule has 2 aromatic rings. The number of ether oxygens (including phenoxy) is 1. The van der Waals surface area contributed by atoms with Crippen molar-refractivity contribution in [2.75, 3.05) is 6.54 Å². The van der Waals surface area contributed by atoms with Crippen molar-refractivity contribution in [3.05, 3.63) is 68.7 Å². The van der Waals surface area contributed by atoms with E-state index in [4.69, 9.17) is 39.5 Å². The molecule has 1 N–H and O–H groups in total. The van der Waals surface area contributed by atoms with E-state index in [9.17, 15) is 9.59 Å². The predicted octanol–water partition coefficient (Wildman–Crippen LogP) is 4.12. The Morgan fingerprint density at radius 3 is 2.48 bits per heavy atom. The second kappa shape index (κ2) is 8.20. The molecular weight excluding hydrogens is 361 g/mol. The van der Waals surface area contributed by atoms with Gasteiger partial charge in [0.2, 0.25) is 0 Å². The molecule has 0 unspecified atom stereocenters. The zero-order chi connectivity index (χ0) is 16.8. The number of hydrogen-bond acceptors (Lipinski definition) is 3. The summed E-state index contributed by atoms with van der Waals surface area (Å²) < 4.78 is 5.05. The van der Waals surface area contributed by atoms with Gasteiger partial charge in [-0.2, -0.15) is 0 Å². The molecule has 0 heterocycles. The molecule has 0 aliphatic carbocycles. The second-order valence-electron chi connectivity index (χ2n) is 4.60. The summed E-state index contributed by atoms with van der Waals surface area (Å²) in [5.74, 6) is -0.998. The van der Waals surface area contributed by atoms with E-state index >= 15 is 0 Å². The molecule has 0 spiro atoms. The second-order valence-corrected chi connectivity index (χ2v) is 5.85. The third-order valence-corrected chi connectivity index (χ3v) is 3.84. The fourth-order valence-electron chi connectivity index (χ4n) is 1.73. The van der Waals surface area contributed by atoms with Crippen LogP contribution in [0.25, 0.3) is 0 Å². The average Bonchev–Trinajstić information content (AvgIpc) is 2.53. The number of halogens is 3. The van der Waals surface area contributed by atoms with Crippen molar-refractivity contribution in [1.29, 1.82) is 0 Å². The molecule has 7 heteroatoms. The molecule has 23 heavy (non-hydrogen) atoms. The maximum Gasteiger partial charge on any atom is 0.325 e. The van der Waals surface area contributed by atoms with E-state index in [1.165, 1.54) is 18.2 Å². The Labute approximate surface area is 148 Å². The normalized spacial score (nSPS) is 10.2. The van der Waals surface area contributed by atoms with Gasteiger partial charge in [-0.3, -0.25) is 9.59 Å². The van der Waals surface area contributed by atoms with Gasteiger partial charge in [-0.25, -0.2) is 0 Å². The Morgan fingerprint density at radius 1 is 1.00 bits per heavy atom. The first kappa shape index (κ1) is 17.6. The van der Waals surface area contributed by atoms with E-state index in [1.807, 2.05) is 0 Å². The highest BCUT2D eigenvalue weighted by Gasteiger charge is 2.10. The lowest BCUT2D eigenvalue weighted by Crippen LogP contribution is -2.30. The lowest BCUT2D eigenvalue weighted by atomic mass is 10.2. The number of rotatable bonds is 5. The van der Waals surface area contributed by atoms with Crippen molar-refractivity contribution in [1.82, 2.24) is 5.32 Å². The van der Waals surface area contributed by atoms with Crippen molar-refractivity contribution in [3.8, 4) is 0 Å². The maximum atomic E-state index is 11.9. The largest absolute Gasteiger partial charge is 0.460 e. The number of carbonyl (C=O) groups is 2. The number of esters is 1. The molecule has 0 aliphatic rings. The van der Waals surface area contributed by atoms with Crippen LogP contribution in [-0.2, 0) is 16.1 Å². The van der Waals surface area contributed by atoms with Crippen LogP contribution in [0.15, 0.2) is 42.5 Å². The van der Waals surface area contributed by atoms with Crippen molar-refractivity contribution in [2.24, 2.45) is 0 Å². The SMILES string of the molecule is O=C(CNC(=O)c1ccc(Cl)c(Cl)c1)OCc1cccc(Cl)c1. The minimum absolute atomic E-state index is 0.0854. The summed E-state index contributed by atoms with van der Waals surface area (Å²) in [6, 6.07) is 11.4. The highest BCUT2D eigenvalue weighted by Crippen LogP contribution is 2.22. The van der Waals surface area contributed by atoms with Gasteiger partial charge in [-0.15, -0.1) is 0 Å². The molecule has 0 bridgehead atoms. The Kier molecular flexibility index (Phi) is 6.28. The summed E-state index contributed by atoms with van der Waals surface area (Å²) in [6.07, 6.45) is 0. The van der Waals surface area contributed by atoms with Crippen LogP contribution in [0, 0.1) is 0 Å². The fraction of sp³-hybridized carbons (Fsp3) is 0.125. The first-order valence-corrected chi connectivity index (χ1v) is 7.72. The van der Waals surface area contributed by atoms with Crippen LogP contribution in [0.4, 0.5) is 0 Å². The summed E-state index contributed by atoms with van der Waals surface area (Å²) in [5.41, 5.74) is 1.07. The third-order valence-electron chi connectivity index (χ3n) is 2.86. The zero-order valence-electron chi connectivity index (χ0n) is 11.8. The van der Waals surface area contributed by atoms with Crippen molar-refractivity contribution in [2.45, 2.75) is 6.61 Å². The van der Waals surface area contributed by atoms with Crippen LogP contribution >= 0.6 is 34.8 Å². The van der Waals surface area contributed by atoms with E-state index in [2.05, 4.69) is 5.32 Å². The molecule has 0 radical (unpaired) electrons. The molecule has 0 saturated carbocycles. The number of carbonyl (C=O) groups excluding carboxylic acids is 2. The molecule has 2 rings (SSSR count). The average molecular weight is 373 g/mol. The van der Waals surface area contributed by atoms with Gasteiger partial charge in [0.25, 0.3) is 5.91 Å². The monoisotopic (exact) mass is 371 g/mol. The van der Waals surface area contributed by atoms with E-state index in [1.54, 1.807) is 24.3 Å². The molecule has 2 aromatic carbocycles. The van der Waals surface area contributed by atoms with Crippen LogP contribution in [0.2, 0.25) is 15.1 Å². The van der Waals surface area contributed by atoms with Gasteiger partial charge in [0.1, 0.15) is 13.2 Å². The lowest BCUT2D eigenvalue weighted by Gasteiger charge is -2.07. The minimum Gasteiger partial charge on any atom is -0.460 e. The fourth-order valence-corrected chi connectivity index (χ4v) is 2.24. The molecule has 0 saturated heterocycles. The summed E-state index contributed by atoms with van der Waals surface area (Å²) >= 11 is 17.4. The van der Waals surface area contributed by atoms with Crippen molar-refractivity contribution < 1.29 is 14.3 Å². The van der Waals surface area contributed by atoms with Crippen LogP contribution < -0.4 is 5.32 Å². The van der Waals surface area contributed by atoms with Crippen LogP contribution in [0.3, 0.4) is 0 Å². The van der Waals surface area contributed by atoms with E-state index < -0.39 is 11.9 Å². The van der Waals surface area contributed by atoms with E-state index in [-0.39, 0.29) is 18.2 Å². The van der Waals surface area contributed by atoms with Gasteiger partial charge < -0.3 is 10.1 Å². The summed E-state index contributed by atoms with van der Waals surface area (Å²) in [4.78, 5) is 23.5. The van der Waals surface area contributed by atoms with E-state index in [0.29, 0.717) is 15.6 Å². The molecule has 1 amide bonds. The number of amides is 1. The summed E-state index contributed by atoms with van der Waals surface area (Å²) in [5, 5.41) is 3.63. The van der Waals surface area contributed by atoms with Gasteiger partial charge in [-0.05, 0) is 35.9 Å². The molecule has 4 nitrogen and oxygen atoms in total. The number of nitrogens with one attached hydrogen (secondary N) is 1. The minimum atomic E-state index is -0.557. The molecule has 120 valence electrons. The zero-order valence-corrected chi connectivity index (χ0v) is 14.1. The maximum absolute atomic E-state index is 11.9. The molecule has 0 aromatic heterocycles. The number of benzene rings is 2. The Morgan fingerprint density at radius 2 is 1.78 bits per heavy atom. The van der Waals surface area contributed by atoms with Gasteiger partial charge in [0.05, 0.1) is 10.0 Å². The summed E-state index contributed by atoms with van der Waals surface area (Å²) in [7, 11) is 0. The Hall–Kier alpha value is -1.75. The highest BCUT2D eigenvalue weighted by atomic mass is 35.5. The van der Waals surface area contributed by atoms with Crippen molar-refractivity contribution in [3.63, 3.8) is 0 Å². The first-order valence-electron chi connectivity index (χ1n) is 6.59. The Balaban J connectivity index is 1.81. The quantitative estimate of drug-likeness (QED) is 0.803. The van der Waals surface area contributed by atoms with Crippen LogP contribution in [0.5, 0.6) is 0 Å². The Bertz CT molecular complexity index is 734. The molecule has 0 atom stereocenters. The molecule has 0 aliphatic heterocycles. The topological polar surface area (TPSA) is 55.4 Å². The highest BCUT2D eigenvalue weighted by molar-refractivity contribution is 6.42. The number of hydrogen-bond donors (Lipinski definition) is 1. The van der Waals surface area contributed by atoms with Gasteiger partial charge >= 0.3 is 5.97 Å². The van der Waals surface area contributed by atoms with E-state index in [0.717, 1.165) is 5.56 Å². The summed E-state index contributed by atoms with van der Waals surface area (Å²) in [6.45, 7) is -0.165. The smallest absolute Gasteiger partial charge is 0.325 e. The van der Waals surface area contributed by atoms with Gasteiger partial charge in [0.15, 0.2) is 0 Å². The van der Waals surface area contributed by atoms with Crippen molar-refractivity contribution >= 4 is 46.7 Å². The lowest BCUT2D eigenvalue weighted by molar-refractivity contribution is -0.143. The standard InChI is InChI=1S/C16H12Cl3NO3/c17-12-3-1-2-10(6-12)9-23-15(21)8-20-16(22)11-4-5-13(18)14(19)7-11/h1-7H,8-9H2,(H,20,22). The third kappa shape index (κ3) is 5.43. The van der Waals surface area contributed by atoms with Crippen LogP contribution in [0.1, 0.15) is 15.9 Å². The van der Waals surface area contributed by atoms with Crippen LogP contribution in [-0.4, -0.2) is 18.4 Å². The molecule has 0 fully saturated rings. The van der Waals surface area contributed by atoms with Gasteiger partial charge in [0, 0.05) is 10.6 Å². The first-order chi connectivity index (χ1) is 11.0.